The van der Waals surface area contributed by atoms with E-state index in [2.05, 4.69) is 11.0 Å². The van der Waals surface area contributed by atoms with Crippen molar-refractivity contribution in [1.29, 1.82) is 5.26 Å². The molecule has 0 amide bonds. The first-order valence-corrected chi connectivity index (χ1v) is 6.55. The zero-order valence-corrected chi connectivity index (χ0v) is 10.7. The predicted octanol–water partition coefficient (Wildman–Crippen LogP) is 3.43. The van der Waals surface area contributed by atoms with Crippen LogP contribution in [0.15, 0.2) is 24.3 Å². The molecule has 90 valence electrons. The minimum absolute atomic E-state index is 0.0367. The first-order valence-electron chi connectivity index (χ1n) is 6.17. The number of rotatable bonds is 3. The number of hydrogen-bond acceptors (Lipinski definition) is 2. The summed E-state index contributed by atoms with van der Waals surface area (Å²) in [6.45, 7) is 3.11. The normalized spacial score (nSPS) is 18.6. The van der Waals surface area contributed by atoms with E-state index in [1.807, 2.05) is 24.3 Å². The number of likely N-dealkylation sites (tertiary alicyclic amines) is 1. The molecule has 0 aliphatic carbocycles. The molecular weight excluding hydrogens is 232 g/mol. The fourth-order valence-electron chi connectivity index (χ4n) is 2.32. The summed E-state index contributed by atoms with van der Waals surface area (Å²) in [5.41, 5.74) is 1.07. The minimum atomic E-state index is -0.0367. The highest BCUT2D eigenvalue weighted by Crippen LogP contribution is 2.20. The van der Waals surface area contributed by atoms with Crippen molar-refractivity contribution in [1.82, 2.24) is 4.90 Å². The largest absolute Gasteiger partial charge is 0.302 e. The van der Waals surface area contributed by atoms with Gasteiger partial charge in [0, 0.05) is 11.6 Å². The lowest BCUT2D eigenvalue weighted by atomic mass is 9.99. The number of nitrogens with zero attached hydrogens (tertiary/aromatic N) is 2. The highest BCUT2D eigenvalue weighted by molar-refractivity contribution is 6.30. The summed E-state index contributed by atoms with van der Waals surface area (Å²) in [7, 11) is 0. The Morgan fingerprint density at radius 3 is 2.41 bits per heavy atom. The Balaban J connectivity index is 2.01. The van der Waals surface area contributed by atoms with Gasteiger partial charge in [-0.05, 0) is 43.6 Å². The molecule has 3 heteroatoms. The summed E-state index contributed by atoms with van der Waals surface area (Å²) in [4.78, 5) is 2.39. The Bertz CT molecular complexity index is 388. The van der Waals surface area contributed by atoms with Gasteiger partial charge in [0.2, 0.25) is 0 Å². The number of nitriles is 1. The summed E-state index contributed by atoms with van der Waals surface area (Å²) >= 11 is 5.86. The van der Waals surface area contributed by atoms with E-state index in [4.69, 9.17) is 11.6 Å². The molecule has 1 heterocycles. The Morgan fingerprint density at radius 2 is 1.82 bits per heavy atom. The monoisotopic (exact) mass is 248 g/mol. The minimum Gasteiger partial charge on any atom is -0.302 e. The van der Waals surface area contributed by atoms with Crippen molar-refractivity contribution >= 4 is 11.6 Å². The molecule has 0 spiro atoms. The van der Waals surface area contributed by atoms with E-state index < -0.39 is 0 Å². The van der Waals surface area contributed by atoms with Gasteiger partial charge in [0.15, 0.2) is 0 Å². The van der Waals surface area contributed by atoms with Gasteiger partial charge in [0.25, 0.3) is 0 Å². The fourth-order valence-corrected chi connectivity index (χ4v) is 2.44. The zero-order chi connectivity index (χ0) is 12.1. The van der Waals surface area contributed by atoms with Gasteiger partial charge >= 0.3 is 0 Å². The molecule has 1 unspecified atom stereocenters. The van der Waals surface area contributed by atoms with E-state index in [-0.39, 0.29) is 5.92 Å². The molecular formula is C14H17ClN2. The Morgan fingerprint density at radius 1 is 1.18 bits per heavy atom. The van der Waals surface area contributed by atoms with Gasteiger partial charge in [-0.3, -0.25) is 0 Å². The molecule has 0 aromatic heterocycles. The smallest absolute Gasteiger partial charge is 0.0839 e. The Hall–Kier alpha value is -1.04. The quantitative estimate of drug-likeness (QED) is 0.820. The van der Waals surface area contributed by atoms with E-state index in [9.17, 15) is 5.26 Å². The molecule has 1 aliphatic heterocycles. The number of hydrogen-bond donors (Lipinski definition) is 0. The standard InChI is InChI=1S/C14H17ClN2/c15-14-6-4-12(5-7-14)13(10-16)11-17-8-2-1-3-9-17/h4-7,13H,1-3,8-9,11H2. The molecule has 1 saturated heterocycles. The number of benzene rings is 1. The maximum atomic E-state index is 9.27. The van der Waals surface area contributed by atoms with Crippen LogP contribution in [0.25, 0.3) is 0 Å². The lowest BCUT2D eigenvalue weighted by molar-refractivity contribution is 0.225. The molecule has 2 nitrogen and oxygen atoms in total. The van der Waals surface area contributed by atoms with Gasteiger partial charge in [-0.2, -0.15) is 5.26 Å². The summed E-state index contributed by atoms with van der Waals surface area (Å²) < 4.78 is 0. The predicted molar refractivity (Wildman–Crippen MR) is 70.1 cm³/mol. The summed E-state index contributed by atoms with van der Waals surface area (Å²) in [6.07, 6.45) is 3.85. The maximum absolute atomic E-state index is 9.27. The molecule has 2 rings (SSSR count). The lowest BCUT2D eigenvalue weighted by Crippen LogP contribution is -2.33. The van der Waals surface area contributed by atoms with E-state index in [1.165, 1.54) is 19.3 Å². The van der Waals surface area contributed by atoms with Crippen molar-refractivity contribution in [3.63, 3.8) is 0 Å². The summed E-state index contributed by atoms with van der Waals surface area (Å²) in [5, 5.41) is 10.00. The first kappa shape index (κ1) is 12.4. The van der Waals surface area contributed by atoms with Gasteiger partial charge in [-0.15, -0.1) is 0 Å². The van der Waals surface area contributed by atoms with Gasteiger partial charge in [0.05, 0.1) is 12.0 Å². The number of piperidine rings is 1. The number of halogens is 1. The van der Waals surface area contributed by atoms with Crippen LogP contribution in [-0.2, 0) is 0 Å². The van der Waals surface area contributed by atoms with E-state index in [1.54, 1.807) is 0 Å². The van der Waals surface area contributed by atoms with Crippen LogP contribution in [0.2, 0.25) is 5.02 Å². The molecule has 0 saturated carbocycles. The molecule has 0 bridgehead atoms. The Kier molecular flexibility index (Phi) is 4.42. The van der Waals surface area contributed by atoms with E-state index in [0.717, 1.165) is 30.2 Å². The van der Waals surface area contributed by atoms with E-state index >= 15 is 0 Å². The maximum Gasteiger partial charge on any atom is 0.0839 e. The van der Waals surface area contributed by atoms with Crippen LogP contribution in [0.4, 0.5) is 0 Å². The molecule has 1 aromatic rings. The van der Waals surface area contributed by atoms with Crippen molar-refractivity contribution in [2.75, 3.05) is 19.6 Å². The average molecular weight is 249 g/mol. The third-order valence-electron chi connectivity index (χ3n) is 3.32. The molecule has 1 fully saturated rings. The SMILES string of the molecule is N#CC(CN1CCCCC1)c1ccc(Cl)cc1. The van der Waals surface area contributed by atoms with Crippen LogP contribution < -0.4 is 0 Å². The highest BCUT2D eigenvalue weighted by atomic mass is 35.5. The second-order valence-electron chi connectivity index (χ2n) is 4.59. The lowest BCUT2D eigenvalue weighted by Gasteiger charge is -2.28. The molecule has 1 atom stereocenters. The zero-order valence-electron chi connectivity index (χ0n) is 9.90. The van der Waals surface area contributed by atoms with Crippen molar-refractivity contribution in [3.05, 3.63) is 34.9 Å². The molecule has 17 heavy (non-hydrogen) atoms. The van der Waals surface area contributed by atoms with Crippen LogP contribution in [0.3, 0.4) is 0 Å². The first-order chi connectivity index (χ1) is 8.29. The van der Waals surface area contributed by atoms with Gasteiger partial charge in [-0.25, -0.2) is 0 Å². The van der Waals surface area contributed by atoms with Crippen LogP contribution in [0.5, 0.6) is 0 Å². The molecule has 1 aliphatic rings. The van der Waals surface area contributed by atoms with Gasteiger partial charge in [0.1, 0.15) is 0 Å². The third-order valence-corrected chi connectivity index (χ3v) is 3.57. The average Bonchev–Trinajstić information content (AvgIpc) is 2.38. The summed E-state index contributed by atoms with van der Waals surface area (Å²) in [6, 6.07) is 10.0. The van der Waals surface area contributed by atoms with Crippen LogP contribution in [0.1, 0.15) is 30.7 Å². The third kappa shape index (κ3) is 3.46. The van der Waals surface area contributed by atoms with Crippen LogP contribution >= 0.6 is 11.6 Å². The summed E-state index contributed by atoms with van der Waals surface area (Å²) in [5.74, 6) is -0.0367. The topological polar surface area (TPSA) is 27.0 Å². The molecule has 0 N–H and O–H groups in total. The van der Waals surface area contributed by atoms with Crippen molar-refractivity contribution < 1.29 is 0 Å². The van der Waals surface area contributed by atoms with Crippen molar-refractivity contribution in [3.8, 4) is 6.07 Å². The Labute approximate surface area is 108 Å². The molecule has 0 radical (unpaired) electrons. The fraction of sp³-hybridized carbons (Fsp3) is 0.500. The van der Waals surface area contributed by atoms with Gasteiger partial charge < -0.3 is 4.90 Å². The van der Waals surface area contributed by atoms with E-state index in [0.29, 0.717) is 0 Å². The second-order valence-corrected chi connectivity index (χ2v) is 5.03. The van der Waals surface area contributed by atoms with Crippen molar-refractivity contribution in [2.24, 2.45) is 0 Å². The van der Waals surface area contributed by atoms with Gasteiger partial charge in [-0.1, -0.05) is 30.2 Å². The van der Waals surface area contributed by atoms with Crippen LogP contribution in [0, 0.1) is 11.3 Å². The second kappa shape index (κ2) is 6.05. The van der Waals surface area contributed by atoms with Crippen LogP contribution in [-0.4, -0.2) is 24.5 Å². The highest BCUT2D eigenvalue weighted by Gasteiger charge is 2.17. The molecule has 1 aromatic carbocycles. The van der Waals surface area contributed by atoms with Crippen molar-refractivity contribution in [2.45, 2.75) is 25.2 Å².